The molecule has 0 N–H and O–H groups in total. The smallest absolute Gasteiger partial charge is 0.272 e. The molecule has 0 unspecified atom stereocenters. The molecule has 0 saturated heterocycles. The predicted octanol–water partition coefficient (Wildman–Crippen LogP) is 4.54. The number of non-ortho nitro benzene ring substituents is 1. The second kappa shape index (κ2) is 7.17. The van der Waals surface area contributed by atoms with Crippen molar-refractivity contribution >= 4 is 11.4 Å². The molecule has 4 nitrogen and oxygen atoms in total. The lowest BCUT2D eigenvalue weighted by Gasteiger charge is -2.27. The van der Waals surface area contributed by atoms with Crippen LogP contribution in [0.5, 0.6) is 0 Å². The number of nitrogens with zero attached hydrogens (tertiary/aromatic N) is 2. The van der Waals surface area contributed by atoms with E-state index in [2.05, 4.69) is 0 Å². The largest absolute Gasteiger partial charge is 0.365 e. The first-order valence-electron chi connectivity index (χ1n) is 7.30. The van der Waals surface area contributed by atoms with Gasteiger partial charge in [-0.25, -0.2) is 8.78 Å². The Morgan fingerprint density at radius 2 is 1.78 bits per heavy atom. The number of nitro benzene ring substituents is 1. The monoisotopic (exact) mass is 320 g/mol. The van der Waals surface area contributed by atoms with Crippen molar-refractivity contribution in [1.82, 2.24) is 0 Å². The highest BCUT2D eigenvalue weighted by atomic mass is 19.1. The van der Waals surface area contributed by atoms with Crippen LogP contribution in [-0.2, 0) is 6.54 Å². The molecule has 122 valence electrons. The molecule has 0 bridgehead atoms. The van der Waals surface area contributed by atoms with Crippen molar-refractivity contribution in [3.63, 3.8) is 0 Å². The highest BCUT2D eigenvalue weighted by Gasteiger charge is 2.17. The van der Waals surface area contributed by atoms with Gasteiger partial charge >= 0.3 is 0 Å². The molecule has 0 aliphatic rings. The van der Waals surface area contributed by atoms with Gasteiger partial charge in [-0.3, -0.25) is 10.1 Å². The van der Waals surface area contributed by atoms with Gasteiger partial charge in [-0.15, -0.1) is 0 Å². The van der Waals surface area contributed by atoms with Crippen molar-refractivity contribution in [1.29, 1.82) is 0 Å². The number of halogens is 2. The van der Waals surface area contributed by atoms with Gasteiger partial charge < -0.3 is 4.90 Å². The third-order valence-corrected chi connectivity index (χ3v) is 3.35. The second-order valence-electron chi connectivity index (χ2n) is 5.79. The molecule has 0 atom stereocenters. The number of nitro groups is 1. The van der Waals surface area contributed by atoms with Gasteiger partial charge in [0.05, 0.1) is 16.7 Å². The van der Waals surface area contributed by atoms with Gasteiger partial charge in [0.2, 0.25) is 0 Å². The maximum Gasteiger partial charge on any atom is 0.272 e. The number of hydrogen-bond acceptors (Lipinski definition) is 3. The molecular weight excluding hydrogens is 302 g/mol. The van der Waals surface area contributed by atoms with Crippen LogP contribution in [0.25, 0.3) is 0 Å². The minimum Gasteiger partial charge on any atom is -0.365 e. The molecule has 0 aliphatic heterocycles. The molecule has 0 aliphatic carbocycles. The van der Waals surface area contributed by atoms with Crippen molar-refractivity contribution in [2.75, 3.05) is 11.4 Å². The molecule has 0 fully saturated rings. The fourth-order valence-corrected chi connectivity index (χ4v) is 2.36. The van der Waals surface area contributed by atoms with Crippen LogP contribution in [-0.4, -0.2) is 11.5 Å². The summed E-state index contributed by atoms with van der Waals surface area (Å²) >= 11 is 0. The SMILES string of the molecule is CC(C)CN(Cc1ccc(F)cc1)c1ccc([N+](=O)[O-])cc1F. The first-order valence-corrected chi connectivity index (χ1v) is 7.30. The molecule has 6 heteroatoms. The van der Waals surface area contributed by atoms with Crippen LogP contribution in [0.2, 0.25) is 0 Å². The lowest BCUT2D eigenvalue weighted by atomic mass is 10.1. The van der Waals surface area contributed by atoms with Crippen LogP contribution >= 0.6 is 0 Å². The third kappa shape index (κ3) is 4.48. The lowest BCUT2D eigenvalue weighted by molar-refractivity contribution is -0.385. The van der Waals surface area contributed by atoms with Gasteiger partial charge in [0.25, 0.3) is 5.69 Å². The zero-order chi connectivity index (χ0) is 17.0. The summed E-state index contributed by atoms with van der Waals surface area (Å²) in [6.45, 7) is 4.97. The van der Waals surface area contributed by atoms with Crippen molar-refractivity contribution in [2.45, 2.75) is 20.4 Å². The van der Waals surface area contributed by atoms with Gasteiger partial charge in [0.15, 0.2) is 5.82 Å². The Morgan fingerprint density at radius 1 is 1.13 bits per heavy atom. The van der Waals surface area contributed by atoms with Crippen molar-refractivity contribution in [3.05, 3.63) is 69.8 Å². The summed E-state index contributed by atoms with van der Waals surface area (Å²) in [4.78, 5) is 11.9. The Kier molecular flexibility index (Phi) is 5.26. The average molecular weight is 320 g/mol. The van der Waals surface area contributed by atoms with Gasteiger partial charge in [0.1, 0.15) is 5.82 Å². The maximum atomic E-state index is 14.3. The van der Waals surface area contributed by atoms with Gasteiger partial charge in [-0.05, 0) is 29.7 Å². The molecule has 0 heterocycles. The molecule has 0 radical (unpaired) electrons. The zero-order valence-corrected chi connectivity index (χ0v) is 13.0. The number of hydrogen-bond donors (Lipinski definition) is 0. The van der Waals surface area contributed by atoms with E-state index >= 15 is 0 Å². The van der Waals surface area contributed by atoms with E-state index in [0.29, 0.717) is 18.8 Å². The van der Waals surface area contributed by atoms with Crippen LogP contribution in [0.4, 0.5) is 20.2 Å². The molecule has 2 aromatic carbocycles. The standard InChI is InChI=1S/C17H18F2N2O2/c1-12(2)10-20(11-13-3-5-14(18)6-4-13)17-8-7-15(21(22)23)9-16(17)19/h3-9,12H,10-11H2,1-2H3. The molecule has 0 aromatic heterocycles. The Labute approximate surface area is 133 Å². The van der Waals surface area contributed by atoms with Crippen LogP contribution in [0.3, 0.4) is 0 Å². The van der Waals surface area contributed by atoms with Crippen LogP contribution in [0, 0.1) is 27.7 Å². The molecule has 2 rings (SSSR count). The van der Waals surface area contributed by atoms with Crippen molar-refractivity contribution < 1.29 is 13.7 Å². The van der Waals surface area contributed by atoms with E-state index in [0.717, 1.165) is 11.6 Å². The van der Waals surface area contributed by atoms with E-state index in [1.54, 1.807) is 17.0 Å². The summed E-state index contributed by atoms with van der Waals surface area (Å²) in [5.41, 5.74) is 0.857. The minimum absolute atomic E-state index is 0.269. The number of anilines is 1. The van der Waals surface area contributed by atoms with E-state index in [9.17, 15) is 18.9 Å². The van der Waals surface area contributed by atoms with E-state index in [1.807, 2.05) is 13.8 Å². The number of rotatable bonds is 6. The molecule has 0 amide bonds. The van der Waals surface area contributed by atoms with E-state index in [1.165, 1.54) is 24.3 Å². The normalized spacial score (nSPS) is 10.8. The molecule has 23 heavy (non-hydrogen) atoms. The zero-order valence-electron chi connectivity index (χ0n) is 13.0. The summed E-state index contributed by atoms with van der Waals surface area (Å²) in [7, 11) is 0. The molecule has 0 saturated carbocycles. The Hall–Kier alpha value is -2.50. The van der Waals surface area contributed by atoms with E-state index < -0.39 is 10.7 Å². The minimum atomic E-state index is -0.637. The first kappa shape index (κ1) is 16.9. The highest BCUT2D eigenvalue weighted by Crippen LogP contribution is 2.26. The van der Waals surface area contributed by atoms with Gasteiger partial charge in [-0.1, -0.05) is 26.0 Å². The molecule has 2 aromatic rings. The van der Waals surface area contributed by atoms with Crippen LogP contribution in [0.15, 0.2) is 42.5 Å². The van der Waals surface area contributed by atoms with Crippen molar-refractivity contribution in [2.24, 2.45) is 5.92 Å². The fraction of sp³-hybridized carbons (Fsp3) is 0.294. The summed E-state index contributed by atoms with van der Waals surface area (Å²) in [5, 5.41) is 10.7. The molecular formula is C17H18F2N2O2. The number of benzene rings is 2. The Morgan fingerprint density at radius 3 is 2.30 bits per heavy atom. The Balaban J connectivity index is 2.30. The average Bonchev–Trinajstić information content (AvgIpc) is 2.48. The highest BCUT2D eigenvalue weighted by molar-refractivity contribution is 5.52. The topological polar surface area (TPSA) is 46.4 Å². The lowest BCUT2D eigenvalue weighted by Crippen LogP contribution is -2.28. The van der Waals surface area contributed by atoms with Crippen LogP contribution < -0.4 is 4.90 Å². The summed E-state index contributed by atoms with van der Waals surface area (Å²) in [5.74, 6) is -0.697. The quantitative estimate of drug-likeness (QED) is 0.580. The predicted molar refractivity (Wildman–Crippen MR) is 85.3 cm³/mol. The third-order valence-electron chi connectivity index (χ3n) is 3.35. The van der Waals surface area contributed by atoms with Gasteiger partial charge in [0, 0.05) is 19.2 Å². The summed E-state index contributed by atoms with van der Waals surface area (Å²) in [6.07, 6.45) is 0. The van der Waals surface area contributed by atoms with Crippen molar-refractivity contribution in [3.8, 4) is 0 Å². The summed E-state index contributed by atoms with van der Waals surface area (Å²) < 4.78 is 27.3. The maximum absolute atomic E-state index is 14.3. The molecule has 0 spiro atoms. The fourth-order valence-electron chi connectivity index (χ4n) is 2.36. The van der Waals surface area contributed by atoms with E-state index in [4.69, 9.17) is 0 Å². The Bertz CT molecular complexity index is 687. The first-order chi connectivity index (χ1) is 10.9. The van der Waals surface area contributed by atoms with Gasteiger partial charge in [-0.2, -0.15) is 0 Å². The summed E-state index contributed by atoms with van der Waals surface area (Å²) in [6, 6.07) is 9.63. The van der Waals surface area contributed by atoms with E-state index in [-0.39, 0.29) is 17.4 Å². The second-order valence-corrected chi connectivity index (χ2v) is 5.79. The van der Waals surface area contributed by atoms with Crippen LogP contribution in [0.1, 0.15) is 19.4 Å².